The summed E-state index contributed by atoms with van der Waals surface area (Å²) in [5, 5.41) is 12.6. The first-order valence-electron chi connectivity index (χ1n) is 5.52. The molecular weight excluding hydrogens is 267 g/mol. The van der Waals surface area contributed by atoms with Gasteiger partial charge in [-0.2, -0.15) is 4.98 Å². The molecule has 0 saturated heterocycles. The van der Waals surface area contributed by atoms with Crippen LogP contribution in [0.25, 0.3) is 23.0 Å². The fourth-order valence-corrected chi connectivity index (χ4v) is 1.69. The number of rotatable bonds is 3. The van der Waals surface area contributed by atoms with Crippen molar-refractivity contribution in [3.63, 3.8) is 0 Å². The number of halogens is 1. The van der Waals surface area contributed by atoms with Crippen LogP contribution in [-0.2, 0) is 0 Å². The Hall–Kier alpha value is -3.03. The molecule has 3 aromatic rings. The molecule has 0 saturated carbocycles. The lowest BCUT2D eigenvalue weighted by Crippen LogP contribution is -1.99. The van der Waals surface area contributed by atoms with Crippen molar-refractivity contribution in [1.82, 2.24) is 20.1 Å². The van der Waals surface area contributed by atoms with E-state index in [4.69, 9.17) is 9.63 Å². The van der Waals surface area contributed by atoms with Crippen LogP contribution in [-0.4, -0.2) is 31.2 Å². The molecule has 0 bridgehead atoms. The van der Waals surface area contributed by atoms with Gasteiger partial charge >= 0.3 is 5.97 Å². The Bertz CT molecular complexity index is 780. The second-order valence-corrected chi connectivity index (χ2v) is 3.86. The van der Waals surface area contributed by atoms with E-state index in [1.807, 2.05) is 0 Å². The number of carbonyl (C=O) groups is 1. The summed E-state index contributed by atoms with van der Waals surface area (Å²) in [4.78, 5) is 21.2. The lowest BCUT2D eigenvalue weighted by molar-refractivity contribution is 0.0691. The van der Waals surface area contributed by atoms with Gasteiger partial charge in [-0.25, -0.2) is 14.2 Å². The van der Waals surface area contributed by atoms with Crippen LogP contribution in [0.3, 0.4) is 0 Å². The van der Waals surface area contributed by atoms with Crippen LogP contribution in [0.4, 0.5) is 4.39 Å². The monoisotopic (exact) mass is 274 g/mol. The predicted octanol–water partition coefficient (Wildman–Crippen LogP) is 1.96. The number of imidazole rings is 1. The number of aromatic amines is 1. The van der Waals surface area contributed by atoms with Gasteiger partial charge in [0.1, 0.15) is 11.5 Å². The Morgan fingerprint density at radius 2 is 2.25 bits per heavy atom. The van der Waals surface area contributed by atoms with E-state index in [9.17, 15) is 9.18 Å². The van der Waals surface area contributed by atoms with E-state index in [1.165, 1.54) is 24.5 Å². The third-order valence-electron chi connectivity index (χ3n) is 2.56. The molecule has 2 heterocycles. The van der Waals surface area contributed by atoms with Crippen molar-refractivity contribution < 1.29 is 18.8 Å². The van der Waals surface area contributed by atoms with E-state index in [-0.39, 0.29) is 23.1 Å². The third-order valence-corrected chi connectivity index (χ3v) is 2.56. The molecular formula is C12H7FN4O3. The highest BCUT2D eigenvalue weighted by Crippen LogP contribution is 2.23. The molecule has 0 spiro atoms. The number of nitrogens with zero attached hydrogens (tertiary/aromatic N) is 3. The normalized spacial score (nSPS) is 10.7. The summed E-state index contributed by atoms with van der Waals surface area (Å²) in [7, 11) is 0. The maximum absolute atomic E-state index is 13.1. The number of H-pyrrole nitrogens is 1. The summed E-state index contributed by atoms with van der Waals surface area (Å²) in [6, 6.07) is 5.67. The number of nitrogens with one attached hydrogen (secondary N) is 1. The first-order valence-corrected chi connectivity index (χ1v) is 5.52. The maximum Gasteiger partial charge on any atom is 0.356 e. The van der Waals surface area contributed by atoms with Crippen LogP contribution in [0.2, 0.25) is 0 Å². The first kappa shape index (κ1) is 12.0. The van der Waals surface area contributed by atoms with Gasteiger partial charge in [-0.15, -0.1) is 0 Å². The van der Waals surface area contributed by atoms with Crippen molar-refractivity contribution in [3.8, 4) is 23.0 Å². The molecule has 8 heteroatoms. The van der Waals surface area contributed by atoms with Crippen molar-refractivity contribution in [1.29, 1.82) is 0 Å². The summed E-state index contributed by atoms with van der Waals surface area (Å²) in [6.45, 7) is 0. The Kier molecular flexibility index (Phi) is 2.75. The summed E-state index contributed by atoms with van der Waals surface area (Å²) in [5.74, 6) is -1.52. The highest BCUT2D eigenvalue weighted by molar-refractivity contribution is 5.91. The topological polar surface area (TPSA) is 105 Å². The second-order valence-electron chi connectivity index (χ2n) is 3.86. The van der Waals surface area contributed by atoms with Crippen LogP contribution >= 0.6 is 0 Å². The summed E-state index contributed by atoms with van der Waals surface area (Å²) in [6.07, 6.45) is 1.21. The molecule has 0 fully saturated rings. The molecule has 0 aliphatic heterocycles. The van der Waals surface area contributed by atoms with Gasteiger partial charge in [0.25, 0.3) is 5.89 Å². The van der Waals surface area contributed by atoms with E-state index in [2.05, 4.69) is 20.1 Å². The standard InChI is InChI=1S/C12H7FN4O3/c13-7-3-1-2-6(4-7)10-16-11(20-17-10)8-9(12(18)19)15-5-14-8/h1-5H,(H,14,15)(H,18,19). The lowest BCUT2D eigenvalue weighted by Gasteiger charge is -1.93. The van der Waals surface area contributed by atoms with Gasteiger partial charge in [-0.1, -0.05) is 17.3 Å². The van der Waals surface area contributed by atoms with Gasteiger partial charge < -0.3 is 14.6 Å². The predicted molar refractivity (Wildman–Crippen MR) is 64.2 cm³/mol. The third kappa shape index (κ3) is 2.03. The summed E-state index contributed by atoms with van der Waals surface area (Å²) >= 11 is 0. The summed E-state index contributed by atoms with van der Waals surface area (Å²) in [5.41, 5.74) is 0.309. The minimum absolute atomic E-state index is 0.0286. The summed E-state index contributed by atoms with van der Waals surface area (Å²) < 4.78 is 18.1. The van der Waals surface area contributed by atoms with E-state index in [1.54, 1.807) is 6.07 Å². The Morgan fingerprint density at radius 1 is 1.40 bits per heavy atom. The van der Waals surface area contributed by atoms with Gasteiger partial charge in [0.15, 0.2) is 5.69 Å². The minimum atomic E-state index is -1.22. The zero-order chi connectivity index (χ0) is 14.1. The Morgan fingerprint density at radius 3 is 3.00 bits per heavy atom. The fourth-order valence-electron chi connectivity index (χ4n) is 1.69. The molecule has 100 valence electrons. The highest BCUT2D eigenvalue weighted by atomic mass is 19.1. The van der Waals surface area contributed by atoms with E-state index >= 15 is 0 Å². The van der Waals surface area contributed by atoms with E-state index < -0.39 is 11.8 Å². The maximum atomic E-state index is 13.1. The smallest absolute Gasteiger partial charge is 0.356 e. The molecule has 2 aromatic heterocycles. The number of carboxylic acid groups (broad SMARTS) is 1. The van der Waals surface area contributed by atoms with Gasteiger partial charge in [0.2, 0.25) is 5.82 Å². The van der Waals surface area contributed by atoms with Crippen LogP contribution in [0.5, 0.6) is 0 Å². The molecule has 1 aromatic carbocycles. The SMILES string of the molecule is O=C(O)c1nc[nH]c1-c1nc(-c2cccc(F)c2)no1. The molecule has 20 heavy (non-hydrogen) atoms. The molecule has 3 rings (SSSR count). The Balaban J connectivity index is 2.02. The van der Waals surface area contributed by atoms with Gasteiger partial charge in [-0.3, -0.25) is 0 Å². The largest absolute Gasteiger partial charge is 0.476 e. The van der Waals surface area contributed by atoms with Crippen molar-refractivity contribution in [2.24, 2.45) is 0 Å². The van der Waals surface area contributed by atoms with Crippen molar-refractivity contribution in [2.45, 2.75) is 0 Å². The van der Waals surface area contributed by atoms with Gasteiger partial charge in [0.05, 0.1) is 6.33 Å². The average Bonchev–Trinajstić information content (AvgIpc) is 3.07. The second kappa shape index (κ2) is 4.57. The van der Waals surface area contributed by atoms with Gasteiger partial charge in [-0.05, 0) is 12.1 Å². The number of carboxylic acids is 1. The molecule has 0 radical (unpaired) electrons. The zero-order valence-corrected chi connectivity index (χ0v) is 9.87. The molecule has 0 aliphatic rings. The van der Waals surface area contributed by atoms with Crippen LogP contribution in [0, 0.1) is 5.82 Å². The molecule has 0 unspecified atom stereocenters. The number of aromatic carboxylic acids is 1. The van der Waals surface area contributed by atoms with E-state index in [0.717, 1.165) is 0 Å². The molecule has 0 atom stereocenters. The van der Waals surface area contributed by atoms with Crippen LogP contribution in [0.1, 0.15) is 10.5 Å². The molecule has 7 nitrogen and oxygen atoms in total. The number of hydrogen-bond donors (Lipinski definition) is 2. The van der Waals surface area contributed by atoms with Gasteiger partial charge in [0, 0.05) is 5.56 Å². The van der Waals surface area contributed by atoms with E-state index in [0.29, 0.717) is 5.56 Å². The number of aromatic nitrogens is 4. The Labute approximate surface area is 111 Å². The number of hydrogen-bond acceptors (Lipinski definition) is 5. The highest BCUT2D eigenvalue weighted by Gasteiger charge is 2.20. The quantitative estimate of drug-likeness (QED) is 0.756. The van der Waals surface area contributed by atoms with Crippen LogP contribution in [0.15, 0.2) is 35.1 Å². The average molecular weight is 274 g/mol. The van der Waals surface area contributed by atoms with Crippen molar-refractivity contribution in [2.75, 3.05) is 0 Å². The first-order chi connectivity index (χ1) is 9.65. The minimum Gasteiger partial charge on any atom is -0.476 e. The lowest BCUT2D eigenvalue weighted by atomic mass is 10.2. The molecule has 0 amide bonds. The molecule has 2 N–H and O–H groups in total. The molecule has 0 aliphatic carbocycles. The zero-order valence-electron chi connectivity index (χ0n) is 9.87. The van der Waals surface area contributed by atoms with Crippen molar-refractivity contribution >= 4 is 5.97 Å². The van der Waals surface area contributed by atoms with Crippen LogP contribution < -0.4 is 0 Å². The number of benzene rings is 1. The van der Waals surface area contributed by atoms with Crippen molar-refractivity contribution in [3.05, 3.63) is 42.1 Å². The fraction of sp³-hybridized carbons (Fsp3) is 0.